The molecule has 2 N–H and O–H groups in total. The Bertz CT molecular complexity index is 935. The largest absolute Gasteiger partial charge is 0.361 e. The molecule has 28 heavy (non-hydrogen) atoms. The Labute approximate surface area is 163 Å². The van der Waals surface area contributed by atoms with E-state index in [1.807, 2.05) is 6.07 Å². The van der Waals surface area contributed by atoms with Gasteiger partial charge >= 0.3 is 6.03 Å². The summed E-state index contributed by atoms with van der Waals surface area (Å²) in [6, 6.07) is 2.74. The first-order valence-corrected chi connectivity index (χ1v) is 9.44. The predicted molar refractivity (Wildman–Crippen MR) is 101 cm³/mol. The maximum absolute atomic E-state index is 13.3. The minimum atomic E-state index is -0.552. The van der Waals surface area contributed by atoms with Crippen LogP contribution in [-0.2, 0) is 24.2 Å². The minimum Gasteiger partial charge on any atom is -0.361 e. The fraction of sp³-hybridized carbons (Fsp3) is 0.400. The molecule has 3 amide bonds. The number of aryl methyl sites for hydroxylation is 1. The van der Waals surface area contributed by atoms with Crippen LogP contribution in [0, 0.1) is 0 Å². The van der Waals surface area contributed by atoms with Gasteiger partial charge in [0.15, 0.2) is 0 Å². The number of urea groups is 1. The van der Waals surface area contributed by atoms with Crippen molar-refractivity contribution in [2.45, 2.75) is 45.2 Å². The van der Waals surface area contributed by atoms with Gasteiger partial charge in [-0.05, 0) is 37.8 Å². The summed E-state index contributed by atoms with van der Waals surface area (Å²) in [7, 11) is 1.74. The first-order chi connectivity index (χ1) is 13.5. The van der Waals surface area contributed by atoms with E-state index in [1.165, 1.54) is 0 Å². The topological polar surface area (TPSA) is 100 Å². The summed E-state index contributed by atoms with van der Waals surface area (Å²) in [4.78, 5) is 31.0. The fourth-order valence-corrected chi connectivity index (χ4v) is 3.85. The lowest BCUT2D eigenvalue weighted by Crippen LogP contribution is -2.47. The quantitative estimate of drug-likeness (QED) is 0.846. The number of nitrogens with one attached hydrogen (secondary N) is 2. The fourth-order valence-electron chi connectivity index (χ4n) is 3.85. The minimum absolute atomic E-state index is 0.175. The van der Waals surface area contributed by atoms with Crippen LogP contribution in [0.5, 0.6) is 0 Å². The van der Waals surface area contributed by atoms with Crippen molar-refractivity contribution in [2.24, 2.45) is 0 Å². The summed E-state index contributed by atoms with van der Waals surface area (Å²) in [5.41, 5.74) is 3.74. The molecule has 146 valence electrons. The molecule has 3 heterocycles. The summed E-state index contributed by atoms with van der Waals surface area (Å²) < 4.78 is 5.46. The third-order valence-corrected chi connectivity index (χ3v) is 5.28. The number of nitrogens with zero attached hydrogens (tertiary/aromatic N) is 3. The van der Waals surface area contributed by atoms with Gasteiger partial charge in [-0.25, -0.2) is 4.79 Å². The molecule has 1 aliphatic heterocycles. The van der Waals surface area contributed by atoms with Crippen LogP contribution in [0.1, 0.15) is 48.4 Å². The molecule has 2 aromatic rings. The second-order valence-corrected chi connectivity index (χ2v) is 7.26. The van der Waals surface area contributed by atoms with Gasteiger partial charge in [-0.15, -0.1) is 0 Å². The molecule has 0 saturated carbocycles. The molecule has 8 nitrogen and oxygen atoms in total. The molecule has 0 unspecified atom stereocenters. The van der Waals surface area contributed by atoms with Gasteiger partial charge in [0.1, 0.15) is 11.5 Å². The Morgan fingerprint density at radius 3 is 2.96 bits per heavy atom. The highest BCUT2D eigenvalue weighted by molar-refractivity contribution is 5.98. The molecule has 2 aliphatic rings. The van der Waals surface area contributed by atoms with Crippen molar-refractivity contribution in [3.8, 4) is 0 Å². The molecule has 0 fully saturated rings. The number of carbonyl (C=O) groups is 2. The standard InChI is InChI=1S/C20H23N5O3/c1-12-17(18(23-20(27)22-12)13-6-5-9-21-10-13)19(26)25(2)11-15-14-7-3-4-8-16(14)28-24-15/h5-6,9-10,18H,3-4,7-8,11H2,1-2H3,(H2,22,23,27)/t18-/m1/s1. The molecule has 8 heteroatoms. The van der Waals surface area contributed by atoms with Crippen molar-refractivity contribution >= 4 is 11.9 Å². The molecule has 0 bridgehead atoms. The second-order valence-electron chi connectivity index (χ2n) is 7.26. The highest BCUT2D eigenvalue weighted by Crippen LogP contribution is 2.29. The van der Waals surface area contributed by atoms with Gasteiger partial charge in [-0.1, -0.05) is 11.2 Å². The van der Waals surface area contributed by atoms with Gasteiger partial charge < -0.3 is 20.1 Å². The normalized spacial score (nSPS) is 18.9. The van der Waals surface area contributed by atoms with Gasteiger partial charge in [0.25, 0.3) is 5.91 Å². The number of amides is 3. The molecule has 1 aliphatic carbocycles. The molecule has 4 rings (SSSR count). The van der Waals surface area contributed by atoms with E-state index < -0.39 is 6.04 Å². The molecule has 0 radical (unpaired) electrons. The van der Waals surface area contributed by atoms with E-state index in [0.29, 0.717) is 17.8 Å². The van der Waals surface area contributed by atoms with Crippen LogP contribution < -0.4 is 10.6 Å². The van der Waals surface area contributed by atoms with Crippen LogP contribution in [0.15, 0.2) is 40.3 Å². The van der Waals surface area contributed by atoms with Crippen molar-refractivity contribution in [3.05, 3.63) is 58.4 Å². The summed E-state index contributed by atoms with van der Waals surface area (Å²) in [6.07, 6.45) is 7.38. The smallest absolute Gasteiger partial charge is 0.319 e. The maximum Gasteiger partial charge on any atom is 0.319 e. The first kappa shape index (κ1) is 18.2. The monoisotopic (exact) mass is 381 g/mol. The van der Waals surface area contributed by atoms with Crippen molar-refractivity contribution in [3.63, 3.8) is 0 Å². The number of fused-ring (bicyclic) bond motifs is 1. The van der Waals surface area contributed by atoms with E-state index >= 15 is 0 Å². The molecular weight excluding hydrogens is 358 g/mol. The summed E-state index contributed by atoms with van der Waals surface area (Å²) in [5.74, 6) is 0.767. The van der Waals surface area contributed by atoms with E-state index in [2.05, 4.69) is 20.8 Å². The summed E-state index contributed by atoms with van der Waals surface area (Å²) >= 11 is 0. The zero-order valence-corrected chi connectivity index (χ0v) is 16.0. The highest BCUT2D eigenvalue weighted by Gasteiger charge is 2.33. The predicted octanol–water partition coefficient (Wildman–Crippen LogP) is 2.23. The van der Waals surface area contributed by atoms with Gasteiger partial charge in [-0.3, -0.25) is 9.78 Å². The number of hydrogen-bond donors (Lipinski definition) is 2. The number of allylic oxidation sites excluding steroid dienone is 1. The van der Waals surface area contributed by atoms with Crippen LogP contribution in [0.25, 0.3) is 0 Å². The second kappa shape index (κ2) is 7.46. The average Bonchev–Trinajstić information content (AvgIpc) is 3.10. The Balaban J connectivity index is 1.60. The number of pyridine rings is 1. The van der Waals surface area contributed by atoms with E-state index in [0.717, 1.165) is 48.3 Å². The lowest BCUT2D eigenvalue weighted by Gasteiger charge is -2.30. The van der Waals surface area contributed by atoms with Crippen LogP contribution in [0.3, 0.4) is 0 Å². The van der Waals surface area contributed by atoms with Crippen molar-refractivity contribution in [1.29, 1.82) is 0 Å². The highest BCUT2D eigenvalue weighted by atomic mass is 16.5. The average molecular weight is 381 g/mol. The van der Waals surface area contributed by atoms with Crippen LogP contribution in [0.2, 0.25) is 0 Å². The number of likely N-dealkylation sites (N-methyl/N-ethyl adjacent to an activating group) is 1. The van der Waals surface area contributed by atoms with Crippen molar-refractivity contribution in [1.82, 2.24) is 25.7 Å². The zero-order valence-electron chi connectivity index (χ0n) is 16.0. The Hall–Kier alpha value is -3.16. The number of carbonyl (C=O) groups excluding carboxylic acids is 2. The maximum atomic E-state index is 13.3. The SMILES string of the molecule is CC1=C(C(=O)N(C)Cc2noc3c2CCCC3)[C@@H](c2cccnc2)NC(=O)N1. The lowest BCUT2D eigenvalue weighted by atomic mass is 9.95. The lowest BCUT2D eigenvalue weighted by molar-refractivity contribution is -0.127. The third kappa shape index (κ3) is 3.37. The first-order valence-electron chi connectivity index (χ1n) is 9.44. The molecule has 0 spiro atoms. The van der Waals surface area contributed by atoms with E-state index in [9.17, 15) is 9.59 Å². The van der Waals surface area contributed by atoms with Crippen LogP contribution >= 0.6 is 0 Å². The number of rotatable bonds is 4. The molecular formula is C20H23N5O3. The van der Waals surface area contributed by atoms with Crippen LogP contribution in [0.4, 0.5) is 4.79 Å². The zero-order chi connectivity index (χ0) is 19.7. The Kier molecular flexibility index (Phi) is 4.85. The van der Waals surface area contributed by atoms with Gasteiger partial charge in [0, 0.05) is 37.1 Å². The van der Waals surface area contributed by atoms with Crippen molar-refractivity contribution in [2.75, 3.05) is 7.05 Å². The Morgan fingerprint density at radius 1 is 1.36 bits per heavy atom. The molecule has 2 aromatic heterocycles. The van der Waals surface area contributed by atoms with E-state index in [-0.39, 0.29) is 11.9 Å². The number of aromatic nitrogens is 2. The van der Waals surface area contributed by atoms with Gasteiger partial charge in [0.05, 0.1) is 18.2 Å². The van der Waals surface area contributed by atoms with Crippen molar-refractivity contribution < 1.29 is 14.1 Å². The molecule has 1 atom stereocenters. The van der Waals surface area contributed by atoms with Gasteiger partial charge in [0.2, 0.25) is 0 Å². The third-order valence-electron chi connectivity index (χ3n) is 5.28. The van der Waals surface area contributed by atoms with E-state index in [1.54, 1.807) is 37.3 Å². The molecule has 0 aromatic carbocycles. The Morgan fingerprint density at radius 2 is 2.18 bits per heavy atom. The van der Waals surface area contributed by atoms with Crippen LogP contribution in [-0.4, -0.2) is 34.0 Å². The number of hydrogen-bond acceptors (Lipinski definition) is 5. The molecule has 0 saturated heterocycles. The summed E-state index contributed by atoms with van der Waals surface area (Å²) in [6.45, 7) is 2.10. The van der Waals surface area contributed by atoms with E-state index in [4.69, 9.17) is 4.52 Å². The van der Waals surface area contributed by atoms with Gasteiger partial charge in [-0.2, -0.15) is 0 Å². The summed E-state index contributed by atoms with van der Waals surface area (Å²) in [5, 5.41) is 9.72.